The Balaban J connectivity index is 1.81. The zero-order chi connectivity index (χ0) is 15.8. The Bertz CT molecular complexity index is 492. The molecule has 6 heteroatoms. The summed E-state index contributed by atoms with van der Waals surface area (Å²) in [5, 5.41) is 2.68. The van der Waals surface area contributed by atoms with Gasteiger partial charge in [0.2, 0.25) is 5.91 Å². The first-order valence-corrected chi connectivity index (χ1v) is 7.43. The number of nitrogens with zero attached hydrogens (tertiary/aromatic N) is 1. The Hall–Kier alpha value is -2.08. The fraction of sp³-hybridized carbons (Fsp3) is 0.500. The molecule has 2 amide bonds. The predicted molar refractivity (Wildman–Crippen MR) is 80.9 cm³/mol. The molecule has 1 atom stereocenters. The molecule has 1 heterocycles. The third-order valence-electron chi connectivity index (χ3n) is 3.65. The lowest BCUT2D eigenvalue weighted by molar-refractivity contribution is -0.127. The highest BCUT2D eigenvalue weighted by Gasteiger charge is 2.29. The number of ether oxygens (including phenoxy) is 2. The molecule has 1 fully saturated rings. The topological polar surface area (TPSA) is 67.9 Å². The second-order valence-electron chi connectivity index (χ2n) is 5.30. The zero-order valence-electron chi connectivity index (χ0n) is 12.8. The first-order chi connectivity index (χ1) is 10.7. The molecule has 0 radical (unpaired) electrons. The molecule has 1 aromatic rings. The van der Waals surface area contributed by atoms with Crippen LogP contribution in [0.2, 0.25) is 0 Å². The van der Waals surface area contributed by atoms with Gasteiger partial charge >= 0.3 is 6.09 Å². The van der Waals surface area contributed by atoms with Gasteiger partial charge in [-0.05, 0) is 18.4 Å². The molecule has 0 spiro atoms. The molecular formula is C16H22N2O4. The van der Waals surface area contributed by atoms with E-state index in [-0.39, 0.29) is 31.3 Å². The molecule has 1 unspecified atom stereocenters. The fourth-order valence-corrected chi connectivity index (χ4v) is 2.46. The molecule has 0 aromatic heterocycles. The lowest BCUT2D eigenvalue weighted by Crippen LogP contribution is -2.45. The van der Waals surface area contributed by atoms with Crippen LogP contribution in [0.5, 0.6) is 0 Å². The van der Waals surface area contributed by atoms with Crippen LogP contribution in [0.15, 0.2) is 30.3 Å². The minimum Gasteiger partial charge on any atom is -0.445 e. The van der Waals surface area contributed by atoms with Gasteiger partial charge in [-0.15, -0.1) is 0 Å². The molecule has 0 aliphatic carbocycles. The summed E-state index contributed by atoms with van der Waals surface area (Å²) in [6, 6.07) is 9.54. The normalized spacial score (nSPS) is 17.9. The monoisotopic (exact) mass is 306 g/mol. The molecule has 0 bridgehead atoms. The lowest BCUT2D eigenvalue weighted by Gasteiger charge is -2.31. The van der Waals surface area contributed by atoms with Crippen molar-refractivity contribution in [2.24, 2.45) is 5.92 Å². The maximum Gasteiger partial charge on any atom is 0.410 e. The van der Waals surface area contributed by atoms with E-state index in [0.717, 1.165) is 18.4 Å². The van der Waals surface area contributed by atoms with Crippen molar-refractivity contribution in [3.05, 3.63) is 35.9 Å². The summed E-state index contributed by atoms with van der Waals surface area (Å²) in [6.45, 7) is 1.45. The number of carbonyl (C=O) groups excluding carboxylic acids is 2. The minimum atomic E-state index is -0.368. The van der Waals surface area contributed by atoms with Crippen molar-refractivity contribution in [2.75, 3.05) is 26.9 Å². The second kappa shape index (κ2) is 8.38. The van der Waals surface area contributed by atoms with E-state index in [0.29, 0.717) is 13.1 Å². The number of hydrogen-bond donors (Lipinski definition) is 1. The van der Waals surface area contributed by atoms with Gasteiger partial charge in [-0.3, -0.25) is 4.79 Å². The molecule has 1 aliphatic heterocycles. The largest absolute Gasteiger partial charge is 0.445 e. The molecule has 2 rings (SSSR count). The van der Waals surface area contributed by atoms with Crippen molar-refractivity contribution >= 4 is 12.0 Å². The molecule has 0 saturated carbocycles. The number of carbonyl (C=O) groups is 2. The summed E-state index contributed by atoms with van der Waals surface area (Å²) in [4.78, 5) is 25.6. The maximum absolute atomic E-state index is 12.1. The van der Waals surface area contributed by atoms with Crippen LogP contribution in [0, 0.1) is 5.92 Å². The first kappa shape index (κ1) is 16.3. The summed E-state index contributed by atoms with van der Waals surface area (Å²) >= 11 is 0. The Kier molecular flexibility index (Phi) is 6.21. The van der Waals surface area contributed by atoms with Crippen molar-refractivity contribution in [3.8, 4) is 0 Å². The third-order valence-corrected chi connectivity index (χ3v) is 3.65. The van der Waals surface area contributed by atoms with E-state index < -0.39 is 0 Å². The van der Waals surface area contributed by atoms with E-state index >= 15 is 0 Å². The highest BCUT2D eigenvalue weighted by molar-refractivity contribution is 5.79. The van der Waals surface area contributed by atoms with Gasteiger partial charge < -0.3 is 19.7 Å². The lowest BCUT2D eigenvalue weighted by atomic mass is 9.97. The van der Waals surface area contributed by atoms with Crippen LogP contribution in [0.1, 0.15) is 18.4 Å². The Labute approximate surface area is 130 Å². The van der Waals surface area contributed by atoms with Crippen LogP contribution in [-0.4, -0.2) is 43.8 Å². The summed E-state index contributed by atoms with van der Waals surface area (Å²) in [7, 11) is 1.52. The van der Waals surface area contributed by atoms with Crippen LogP contribution in [-0.2, 0) is 20.9 Å². The number of amides is 2. The van der Waals surface area contributed by atoms with Gasteiger partial charge in [-0.2, -0.15) is 0 Å². The van der Waals surface area contributed by atoms with Crippen LogP contribution >= 0.6 is 0 Å². The third kappa shape index (κ3) is 4.73. The number of rotatable bonds is 5. The van der Waals surface area contributed by atoms with Gasteiger partial charge in [0.25, 0.3) is 0 Å². The number of piperidine rings is 1. The van der Waals surface area contributed by atoms with E-state index in [2.05, 4.69) is 5.32 Å². The van der Waals surface area contributed by atoms with E-state index in [1.807, 2.05) is 30.3 Å². The molecule has 1 aliphatic rings. The Morgan fingerprint density at radius 3 is 2.82 bits per heavy atom. The van der Waals surface area contributed by atoms with Gasteiger partial charge in [0, 0.05) is 20.2 Å². The van der Waals surface area contributed by atoms with Gasteiger partial charge in [-0.25, -0.2) is 4.79 Å². The van der Waals surface area contributed by atoms with Crippen molar-refractivity contribution in [1.29, 1.82) is 0 Å². The quantitative estimate of drug-likeness (QED) is 0.842. The second-order valence-corrected chi connectivity index (χ2v) is 5.30. The number of hydrogen-bond acceptors (Lipinski definition) is 4. The maximum atomic E-state index is 12.1. The van der Waals surface area contributed by atoms with Crippen molar-refractivity contribution in [2.45, 2.75) is 19.4 Å². The minimum absolute atomic E-state index is 0.0811. The molecule has 1 aromatic carbocycles. The summed E-state index contributed by atoms with van der Waals surface area (Å²) in [5.74, 6) is -0.282. The number of benzene rings is 1. The van der Waals surface area contributed by atoms with E-state index in [4.69, 9.17) is 9.47 Å². The number of nitrogens with one attached hydrogen (secondary N) is 1. The van der Waals surface area contributed by atoms with E-state index in [9.17, 15) is 9.59 Å². The molecule has 22 heavy (non-hydrogen) atoms. The van der Waals surface area contributed by atoms with Crippen molar-refractivity contribution in [1.82, 2.24) is 10.2 Å². The van der Waals surface area contributed by atoms with Gasteiger partial charge in [0.15, 0.2) is 0 Å². The van der Waals surface area contributed by atoms with Crippen molar-refractivity contribution in [3.63, 3.8) is 0 Å². The Morgan fingerprint density at radius 1 is 1.32 bits per heavy atom. The van der Waals surface area contributed by atoms with Crippen LogP contribution in [0.3, 0.4) is 0 Å². The van der Waals surface area contributed by atoms with Crippen molar-refractivity contribution < 1.29 is 19.1 Å². The molecule has 1 N–H and O–H groups in total. The molecule has 1 saturated heterocycles. The average molecular weight is 306 g/mol. The number of likely N-dealkylation sites (tertiary alicyclic amines) is 1. The van der Waals surface area contributed by atoms with Gasteiger partial charge in [0.1, 0.15) is 13.3 Å². The predicted octanol–water partition coefficient (Wildman–Crippen LogP) is 1.76. The summed E-state index contributed by atoms with van der Waals surface area (Å²) in [5.41, 5.74) is 0.947. The summed E-state index contributed by atoms with van der Waals surface area (Å²) < 4.78 is 10.1. The van der Waals surface area contributed by atoms with E-state index in [1.165, 1.54) is 7.11 Å². The fourth-order valence-electron chi connectivity index (χ4n) is 2.46. The zero-order valence-corrected chi connectivity index (χ0v) is 12.8. The molecule has 120 valence electrons. The van der Waals surface area contributed by atoms with E-state index in [1.54, 1.807) is 4.90 Å². The smallest absolute Gasteiger partial charge is 0.410 e. The molecule has 6 nitrogen and oxygen atoms in total. The number of methoxy groups -OCH3 is 1. The van der Waals surface area contributed by atoms with Crippen LogP contribution in [0.25, 0.3) is 0 Å². The van der Waals surface area contributed by atoms with Crippen LogP contribution in [0.4, 0.5) is 4.79 Å². The van der Waals surface area contributed by atoms with Crippen LogP contribution < -0.4 is 5.32 Å². The standard InChI is InChI=1S/C16H22N2O4/c1-21-12-17-15(19)14-8-5-9-18(10-14)16(20)22-11-13-6-3-2-4-7-13/h2-4,6-7,14H,5,8-12H2,1H3,(H,17,19). The van der Waals surface area contributed by atoms with Gasteiger partial charge in [0.05, 0.1) is 5.92 Å². The first-order valence-electron chi connectivity index (χ1n) is 7.43. The highest BCUT2D eigenvalue weighted by atomic mass is 16.6. The van der Waals surface area contributed by atoms with Gasteiger partial charge in [-0.1, -0.05) is 30.3 Å². The average Bonchev–Trinajstić information content (AvgIpc) is 2.58. The Morgan fingerprint density at radius 2 is 2.09 bits per heavy atom. The summed E-state index contributed by atoms with van der Waals surface area (Å²) in [6.07, 6.45) is 1.21. The molecular weight excluding hydrogens is 284 g/mol. The SMILES string of the molecule is COCNC(=O)C1CCCN(C(=O)OCc2ccccc2)C1. The highest BCUT2D eigenvalue weighted by Crippen LogP contribution is 2.17.